The van der Waals surface area contributed by atoms with Crippen molar-refractivity contribution < 1.29 is 9.50 Å². The second-order valence-electron chi connectivity index (χ2n) is 3.17. The number of hydrogen-bond donors (Lipinski definition) is 1. The average molecular weight is 346 g/mol. The first-order valence-electron chi connectivity index (χ1n) is 4.57. The maximum absolute atomic E-state index is 13.4. The summed E-state index contributed by atoms with van der Waals surface area (Å²) in [7, 11) is 0. The van der Waals surface area contributed by atoms with E-state index in [-0.39, 0.29) is 5.75 Å². The van der Waals surface area contributed by atoms with Crippen LogP contribution >= 0.6 is 34.4 Å². The summed E-state index contributed by atoms with van der Waals surface area (Å²) in [6.07, 6.45) is 0. The summed E-state index contributed by atoms with van der Waals surface area (Å²) in [5.74, 6) is -0.451. The fourth-order valence-electron chi connectivity index (χ4n) is 1.20. The number of phenolic OH excluding ortho intramolecular Hbond substituents is 1. The average Bonchev–Trinajstić information content (AvgIpc) is 2.25. The minimum Gasteiger partial charge on any atom is -0.508 e. The predicted molar refractivity (Wildman–Crippen MR) is 71.3 cm³/mol. The monoisotopic (exact) mass is 346 g/mol. The van der Waals surface area contributed by atoms with Crippen molar-refractivity contribution in [2.24, 2.45) is 0 Å². The maximum Gasteiger partial charge on any atom is 0.140 e. The first-order valence-corrected chi connectivity index (χ1v) is 6.46. The van der Waals surface area contributed by atoms with E-state index in [1.165, 1.54) is 17.8 Å². The molecule has 0 aliphatic heterocycles. The zero-order valence-corrected chi connectivity index (χ0v) is 11.1. The van der Waals surface area contributed by atoms with Gasteiger partial charge in [-0.05, 0) is 59.0 Å². The van der Waals surface area contributed by atoms with Gasteiger partial charge in [-0.1, -0.05) is 11.8 Å². The molecule has 0 radical (unpaired) electrons. The third kappa shape index (κ3) is 2.89. The number of rotatable bonds is 2. The summed E-state index contributed by atoms with van der Waals surface area (Å²) < 4.78 is 14.6. The fourth-order valence-corrected chi connectivity index (χ4v) is 2.38. The Morgan fingerprint density at radius 3 is 2.38 bits per heavy atom. The Morgan fingerprint density at radius 2 is 1.75 bits per heavy atom. The van der Waals surface area contributed by atoms with Crippen molar-refractivity contribution >= 4 is 34.4 Å². The summed E-state index contributed by atoms with van der Waals surface area (Å²) in [4.78, 5) is 1.49. The quantitative estimate of drug-likeness (QED) is 0.819. The van der Waals surface area contributed by atoms with E-state index in [1.807, 2.05) is 24.3 Å². The lowest BCUT2D eigenvalue weighted by atomic mass is 10.3. The molecule has 2 rings (SSSR count). The topological polar surface area (TPSA) is 20.2 Å². The van der Waals surface area contributed by atoms with Crippen LogP contribution in [0.5, 0.6) is 5.75 Å². The van der Waals surface area contributed by atoms with Gasteiger partial charge in [0.25, 0.3) is 0 Å². The van der Waals surface area contributed by atoms with Crippen LogP contribution in [0.25, 0.3) is 0 Å². The molecular formula is C12H8FIOS. The molecule has 4 heteroatoms. The van der Waals surface area contributed by atoms with Crippen LogP contribution in [0.4, 0.5) is 4.39 Å². The van der Waals surface area contributed by atoms with Gasteiger partial charge in [0.1, 0.15) is 11.6 Å². The number of aromatic hydroxyl groups is 1. The zero-order chi connectivity index (χ0) is 11.5. The molecule has 0 atom stereocenters. The third-order valence-corrected chi connectivity index (χ3v) is 3.73. The van der Waals surface area contributed by atoms with E-state index in [0.717, 1.165) is 14.5 Å². The Labute approximate surface area is 111 Å². The van der Waals surface area contributed by atoms with Gasteiger partial charge < -0.3 is 5.11 Å². The molecule has 2 aromatic carbocycles. The van der Waals surface area contributed by atoms with Crippen molar-refractivity contribution in [3.63, 3.8) is 0 Å². The molecule has 0 aliphatic rings. The lowest BCUT2D eigenvalue weighted by Gasteiger charge is -2.03. The lowest BCUT2D eigenvalue weighted by molar-refractivity contribution is 0.466. The second kappa shape index (κ2) is 5.05. The third-order valence-electron chi connectivity index (χ3n) is 1.96. The number of halogens is 2. The molecule has 1 nitrogen and oxygen atoms in total. The van der Waals surface area contributed by atoms with Gasteiger partial charge in [0.05, 0.1) is 0 Å². The van der Waals surface area contributed by atoms with Gasteiger partial charge in [-0.25, -0.2) is 4.39 Å². The Morgan fingerprint density at radius 1 is 1.06 bits per heavy atom. The molecule has 0 fully saturated rings. The van der Waals surface area contributed by atoms with Crippen LogP contribution in [0, 0.1) is 9.39 Å². The molecule has 2 aromatic rings. The van der Waals surface area contributed by atoms with Crippen molar-refractivity contribution in [1.82, 2.24) is 0 Å². The van der Waals surface area contributed by atoms with Gasteiger partial charge in [-0.15, -0.1) is 0 Å². The summed E-state index contributed by atoms with van der Waals surface area (Å²) in [6.45, 7) is 0. The second-order valence-corrected chi connectivity index (χ2v) is 5.53. The van der Waals surface area contributed by atoms with Gasteiger partial charge in [0.2, 0.25) is 0 Å². The molecule has 0 aliphatic carbocycles. The van der Waals surface area contributed by atoms with Crippen LogP contribution in [0.15, 0.2) is 52.3 Å². The van der Waals surface area contributed by atoms with Crippen LogP contribution in [-0.2, 0) is 0 Å². The number of hydrogen-bond acceptors (Lipinski definition) is 2. The molecule has 0 spiro atoms. The molecule has 16 heavy (non-hydrogen) atoms. The molecule has 82 valence electrons. The molecule has 0 unspecified atom stereocenters. The summed E-state index contributed by atoms with van der Waals surface area (Å²) >= 11 is 3.56. The summed E-state index contributed by atoms with van der Waals surface area (Å²) in [5, 5.41) is 9.09. The lowest BCUT2D eigenvalue weighted by Crippen LogP contribution is -1.81. The molecule has 1 N–H and O–H groups in total. The molecule has 0 aromatic heterocycles. The van der Waals surface area contributed by atoms with Gasteiger partial charge in [-0.2, -0.15) is 0 Å². The Balaban J connectivity index is 2.23. The van der Waals surface area contributed by atoms with Crippen molar-refractivity contribution in [1.29, 1.82) is 0 Å². The number of benzene rings is 2. The standard InChI is InChI=1S/C12H8FIOS/c13-11-7-9(15)3-6-12(11)16-10-4-1-8(14)2-5-10/h1-7,15H. The minimum absolute atomic E-state index is 0.0514. The van der Waals surface area contributed by atoms with E-state index >= 15 is 0 Å². The molecule has 0 saturated carbocycles. The highest BCUT2D eigenvalue weighted by Crippen LogP contribution is 2.31. The van der Waals surface area contributed by atoms with Crippen molar-refractivity contribution in [2.45, 2.75) is 9.79 Å². The van der Waals surface area contributed by atoms with E-state index in [4.69, 9.17) is 5.11 Å². The van der Waals surface area contributed by atoms with E-state index < -0.39 is 5.82 Å². The normalized spacial score (nSPS) is 10.4. The van der Waals surface area contributed by atoms with E-state index in [0.29, 0.717) is 4.90 Å². The fraction of sp³-hybridized carbons (Fsp3) is 0. The Bertz CT molecular complexity index is 499. The van der Waals surface area contributed by atoms with E-state index in [1.54, 1.807) is 6.07 Å². The van der Waals surface area contributed by atoms with Crippen molar-refractivity contribution in [3.8, 4) is 5.75 Å². The van der Waals surface area contributed by atoms with Crippen LogP contribution in [0.3, 0.4) is 0 Å². The van der Waals surface area contributed by atoms with Gasteiger partial charge >= 0.3 is 0 Å². The highest BCUT2D eigenvalue weighted by molar-refractivity contribution is 14.1. The van der Waals surface area contributed by atoms with Crippen LogP contribution in [0.2, 0.25) is 0 Å². The molecule has 0 amide bonds. The van der Waals surface area contributed by atoms with Crippen molar-refractivity contribution in [2.75, 3.05) is 0 Å². The smallest absolute Gasteiger partial charge is 0.140 e. The predicted octanol–water partition coefficient (Wildman–Crippen LogP) is 4.29. The Hall–Kier alpha value is -0.750. The molecule has 0 heterocycles. The van der Waals surface area contributed by atoms with Crippen LogP contribution < -0.4 is 0 Å². The molecule has 0 saturated heterocycles. The van der Waals surface area contributed by atoms with Gasteiger partial charge in [0, 0.05) is 19.4 Å². The largest absolute Gasteiger partial charge is 0.508 e. The van der Waals surface area contributed by atoms with E-state index in [2.05, 4.69) is 22.6 Å². The first-order chi connectivity index (χ1) is 7.65. The summed E-state index contributed by atoms with van der Waals surface area (Å²) in [5.41, 5.74) is 0. The van der Waals surface area contributed by atoms with Crippen LogP contribution in [-0.4, -0.2) is 5.11 Å². The molecule has 0 bridgehead atoms. The van der Waals surface area contributed by atoms with Gasteiger partial charge in [-0.3, -0.25) is 0 Å². The highest BCUT2D eigenvalue weighted by atomic mass is 127. The maximum atomic E-state index is 13.4. The molecular weight excluding hydrogens is 338 g/mol. The van der Waals surface area contributed by atoms with Crippen LogP contribution in [0.1, 0.15) is 0 Å². The Kier molecular flexibility index (Phi) is 3.70. The van der Waals surface area contributed by atoms with E-state index in [9.17, 15) is 4.39 Å². The zero-order valence-electron chi connectivity index (χ0n) is 8.15. The minimum atomic E-state index is -0.399. The summed E-state index contributed by atoms with van der Waals surface area (Å²) in [6, 6.07) is 12.0. The highest BCUT2D eigenvalue weighted by Gasteiger charge is 2.05. The first kappa shape index (κ1) is 11.7. The van der Waals surface area contributed by atoms with Crippen molar-refractivity contribution in [3.05, 3.63) is 51.9 Å². The van der Waals surface area contributed by atoms with Gasteiger partial charge in [0.15, 0.2) is 0 Å². The number of phenols is 1. The SMILES string of the molecule is Oc1ccc(Sc2ccc(I)cc2)c(F)c1.